The summed E-state index contributed by atoms with van der Waals surface area (Å²) in [5.41, 5.74) is -1.00. The van der Waals surface area contributed by atoms with E-state index in [2.05, 4.69) is 4.99 Å². The summed E-state index contributed by atoms with van der Waals surface area (Å²) in [6.07, 6.45) is -3.27. The van der Waals surface area contributed by atoms with Crippen LogP contribution in [0.1, 0.15) is 81.6 Å². The molecule has 1 aromatic carbocycles. The van der Waals surface area contributed by atoms with Gasteiger partial charge in [-0.2, -0.15) is 18.2 Å². The molecule has 0 N–H and O–H groups in total. The Morgan fingerprint density at radius 3 is 2.32 bits per heavy atom. The van der Waals surface area contributed by atoms with Gasteiger partial charge in [-0.3, -0.25) is 19.0 Å². The molecule has 0 aliphatic carbocycles. The van der Waals surface area contributed by atoms with E-state index in [0.717, 1.165) is 36.7 Å². The Bertz CT molecular complexity index is 1220. The summed E-state index contributed by atoms with van der Waals surface area (Å²) in [6.45, 7) is 12.2. The van der Waals surface area contributed by atoms with E-state index in [1.54, 1.807) is 26.8 Å². The number of esters is 1. The Labute approximate surface area is 215 Å². The summed E-state index contributed by atoms with van der Waals surface area (Å²) < 4.78 is 55.3. The minimum Gasteiger partial charge on any atom is -0.460 e. The second-order valence-corrected chi connectivity index (χ2v) is 11.4. The van der Waals surface area contributed by atoms with Crippen molar-refractivity contribution in [3.05, 3.63) is 52.1 Å². The number of halogens is 3. The van der Waals surface area contributed by atoms with Crippen molar-refractivity contribution in [2.75, 3.05) is 6.61 Å². The Kier molecular flexibility index (Phi) is 8.12. The number of carbonyl (C=O) groups is 2. The highest BCUT2D eigenvalue weighted by atomic mass is 19.4. The summed E-state index contributed by atoms with van der Waals surface area (Å²) in [6, 6.07) is 4.52. The molecular weight excluding hydrogens is 487 g/mol. The van der Waals surface area contributed by atoms with Crippen LogP contribution >= 0.6 is 0 Å². The average Bonchev–Trinajstić information content (AvgIpc) is 3.35. The van der Waals surface area contributed by atoms with E-state index >= 15 is 0 Å². The fourth-order valence-electron chi connectivity index (χ4n) is 4.37. The molecule has 1 atom stereocenters. The number of nitrogens with zero attached hydrogens (tertiary/aromatic N) is 3. The van der Waals surface area contributed by atoms with E-state index in [1.807, 2.05) is 37.2 Å². The number of carbonyl (C=O) groups excluding carboxylic acids is 2. The highest BCUT2D eigenvalue weighted by Crippen LogP contribution is 2.31. The monoisotopic (exact) mass is 523 g/mol. The lowest BCUT2D eigenvalue weighted by Crippen LogP contribution is -2.30. The molecule has 10 heteroatoms. The predicted octanol–water partition coefficient (Wildman–Crippen LogP) is 4.95. The number of ether oxygens (including phenoxy) is 2. The van der Waals surface area contributed by atoms with E-state index < -0.39 is 29.2 Å². The Morgan fingerprint density at radius 1 is 1.11 bits per heavy atom. The van der Waals surface area contributed by atoms with Gasteiger partial charge in [0, 0.05) is 36.4 Å². The minimum absolute atomic E-state index is 0.0493. The lowest BCUT2D eigenvalue weighted by atomic mass is 9.92. The quantitative estimate of drug-likeness (QED) is 0.520. The molecule has 2 heterocycles. The third-order valence-electron chi connectivity index (χ3n) is 6.05. The van der Waals surface area contributed by atoms with Gasteiger partial charge >= 0.3 is 12.1 Å². The summed E-state index contributed by atoms with van der Waals surface area (Å²) in [5, 5.41) is 0. The Morgan fingerprint density at radius 2 is 1.78 bits per heavy atom. The van der Waals surface area contributed by atoms with Crippen LogP contribution in [0.4, 0.5) is 13.2 Å². The molecule has 0 unspecified atom stereocenters. The number of amides is 1. The van der Waals surface area contributed by atoms with Crippen molar-refractivity contribution in [3.63, 3.8) is 0 Å². The van der Waals surface area contributed by atoms with Crippen molar-refractivity contribution in [1.29, 1.82) is 0 Å². The summed E-state index contributed by atoms with van der Waals surface area (Å²) >= 11 is 0. The van der Waals surface area contributed by atoms with E-state index in [-0.39, 0.29) is 29.1 Å². The molecule has 0 spiro atoms. The zero-order chi connectivity index (χ0) is 27.8. The second-order valence-electron chi connectivity index (χ2n) is 11.4. The topological polar surface area (TPSA) is 74.8 Å². The van der Waals surface area contributed by atoms with Crippen LogP contribution < -0.4 is 5.49 Å². The molecule has 1 amide bonds. The number of rotatable bonds is 5. The minimum atomic E-state index is -4.66. The molecule has 2 aromatic rings. The van der Waals surface area contributed by atoms with Gasteiger partial charge < -0.3 is 9.47 Å². The number of aromatic nitrogens is 2. The standard InChI is InChI=1S/C27H36F3N3O4/c1-25(2,3)21-15-22(33(32(21)7)16-19-9-8-12-36-19)31-24(35)20-14-18(27(28,29)30)11-10-17(20)13-23(34)37-26(4,5)6/h10-11,14-15,19H,8-9,12-13,16H2,1-7H3/t19-/m1/s1. The van der Waals surface area contributed by atoms with Gasteiger partial charge in [-0.1, -0.05) is 26.8 Å². The molecule has 204 valence electrons. The first-order valence-electron chi connectivity index (χ1n) is 12.4. The zero-order valence-corrected chi connectivity index (χ0v) is 22.5. The van der Waals surface area contributed by atoms with Crippen molar-refractivity contribution >= 4 is 11.9 Å². The number of hydrogen-bond donors (Lipinski definition) is 0. The first-order valence-corrected chi connectivity index (χ1v) is 12.4. The van der Waals surface area contributed by atoms with Gasteiger partial charge in [0.25, 0.3) is 5.91 Å². The van der Waals surface area contributed by atoms with Gasteiger partial charge in [-0.25, -0.2) is 0 Å². The van der Waals surface area contributed by atoms with Gasteiger partial charge in [0.15, 0.2) is 5.49 Å². The normalized spacial score (nSPS) is 17.4. The fourth-order valence-corrected chi connectivity index (χ4v) is 4.37. The SMILES string of the molecule is Cn1c(C(C)(C)C)cc(=NC(=O)c2cc(C(F)(F)F)ccc2CC(=O)OC(C)(C)C)n1C[C@H]1CCCO1. The highest BCUT2D eigenvalue weighted by Gasteiger charge is 2.32. The molecule has 1 saturated heterocycles. The van der Waals surface area contributed by atoms with Crippen LogP contribution in [-0.4, -0.2) is 39.6 Å². The van der Waals surface area contributed by atoms with Crippen LogP contribution in [0.15, 0.2) is 29.3 Å². The van der Waals surface area contributed by atoms with Crippen LogP contribution in [0.3, 0.4) is 0 Å². The highest BCUT2D eigenvalue weighted by molar-refractivity contribution is 5.97. The number of benzene rings is 1. The zero-order valence-electron chi connectivity index (χ0n) is 22.5. The van der Waals surface area contributed by atoms with Crippen molar-refractivity contribution in [2.24, 2.45) is 12.0 Å². The molecule has 1 aliphatic rings. The summed E-state index contributed by atoms with van der Waals surface area (Å²) in [7, 11) is 1.86. The van der Waals surface area contributed by atoms with Gasteiger partial charge in [-0.05, 0) is 51.3 Å². The fraction of sp³-hybridized carbons (Fsp3) is 0.593. The predicted molar refractivity (Wildman–Crippen MR) is 132 cm³/mol. The van der Waals surface area contributed by atoms with Crippen molar-refractivity contribution in [1.82, 2.24) is 9.36 Å². The maximum Gasteiger partial charge on any atom is 0.416 e. The largest absolute Gasteiger partial charge is 0.460 e. The van der Waals surface area contributed by atoms with E-state index in [9.17, 15) is 22.8 Å². The van der Waals surface area contributed by atoms with Crippen molar-refractivity contribution < 1.29 is 32.2 Å². The smallest absolute Gasteiger partial charge is 0.416 e. The van der Waals surface area contributed by atoms with Crippen LogP contribution in [0.5, 0.6) is 0 Å². The third-order valence-corrected chi connectivity index (χ3v) is 6.05. The summed E-state index contributed by atoms with van der Waals surface area (Å²) in [4.78, 5) is 30.1. The molecule has 1 fully saturated rings. The van der Waals surface area contributed by atoms with Crippen LogP contribution in [-0.2, 0) is 45.9 Å². The maximum absolute atomic E-state index is 13.5. The molecule has 0 radical (unpaired) electrons. The maximum atomic E-state index is 13.5. The lowest BCUT2D eigenvalue weighted by Gasteiger charge is -2.21. The first kappa shape index (κ1) is 28.7. The first-order chi connectivity index (χ1) is 17.0. The van der Waals surface area contributed by atoms with Gasteiger partial charge in [0.05, 0.1) is 24.6 Å². The third kappa shape index (κ3) is 7.34. The van der Waals surface area contributed by atoms with Gasteiger partial charge in [0.1, 0.15) is 5.60 Å². The molecule has 7 nitrogen and oxygen atoms in total. The van der Waals surface area contributed by atoms with Crippen LogP contribution in [0.2, 0.25) is 0 Å². The lowest BCUT2D eigenvalue weighted by molar-refractivity contribution is -0.153. The molecule has 1 aromatic heterocycles. The van der Waals surface area contributed by atoms with Crippen molar-refractivity contribution in [2.45, 2.75) is 90.6 Å². The van der Waals surface area contributed by atoms with E-state index in [0.29, 0.717) is 18.6 Å². The number of hydrogen-bond acceptors (Lipinski definition) is 4. The van der Waals surface area contributed by atoms with E-state index in [1.165, 1.54) is 0 Å². The molecule has 1 aliphatic heterocycles. The molecular formula is C27H36F3N3O4. The Hall–Kier alpha value is -2.88. The summed E-state index contributed by atoms with van der Waals surface area (Å²) in [5.74, 6) is -1.51. The molecule has 37 heavy (non-hydrogen) atoms. The van der Waals surface area contributed by atoms with Crippen LogP contribution in [0, 0.1) is 0 Å². The van der Waals surface area contributed by atoms with Crippen LogP contribution in [0.25, 0.3) is 0 Å². The second kappa shape index (κ2) is 10.5. The van der Waals surface area contributed by atoms with Gasteiger partial charge in [-0.15, -0.1) is 0 Å². The number of alkyl halides is 3. The molecule has 0 saturated carbocycles. The Balaban J connectivity index is 2.10. The molecule has 0 bridgehead atoms. The van der Waals surface area contributed by atoms with Crippen molar-refractivity contribution in [3.8, 4) is 0 Å². The molecule has 3 rings (SSSR count). The van der Waals surface area contributed by atoms with Gasteiger partial charge in [0.2, 0.25) is 0 Å². The average molecular weight is 524 g/mol. The van der Waals surface area contributed by atoms with E-state index in [4.69, 9.17) is 9.47 Å².